The van der Waals surface area contributed by atoms with Gasteiger partial charge in [0.15, 0.2) is 0 Å². The number of aryl methyl sites for hydroxylation is 1. The maximum atomic E-state index is 4.39. The lowest BCUT2D eigenvalue weighted by Gasteiger charge is -2.10. The van der Waals surface area contributed by atoms with E-state index in [9.17, 15) is 0 Å². The fraction of sp³-hybridized carbons (Fsp3) is 0.364. The summed E-state index contributed by atoms with van der Waals surface area (Å²) in [6.07, 6.45) is 5.44. The number of rotatable bonds is 2. The third-order valence-electron chi connectivity index (χ3n) is 2.26. The van der Waals surface area contributed by atoms with Gasteiger partial charge in [-0.3, -0.25) is 0 Å². The van der Waals surface area contributed by atoms with Crippen LogP contribution in [0, 0.1) is 6.92 Å². The van der Waals surface area contributed by atoms with Gasteiger partial charge in [0.25, 0.3) is 0 Å². The van der Waals surface area contributed by atoms with Crippen LogP contribution in [0.2, 0.25) is 0 Å². The molecule has 0 aliphatic rings. The van der Waals surface area contributed by atoms with Crippen molar-refractivity contribution >= 4 is 0 Å². The van der Waals surface area contributed by atoms with Crippen LogP contribution in [-0.4, -0.2) is 19.5 Å². The van der Waals surface area contributed by atoms with Crippen molar-refractivity contribution in [1.29, 1.82) is 0 Å². The minimum atomic E-state index is 0.387. The summed E-state index contributed by atoms with van der Waals surface area (Å²) in [5.74, 6) is 0.781. The van der Waals surface area contributed by atoms with E-state index in [1.165, 1.54) is 0 Å². The summed E-state index contributed by atoms with van der Waals surface area (Å²) >= 11 is 0. The first-order chi connectivity index (χ1) is 7.18. The third kappa shape index (κ3) is 1.88. The fourth-order valence-corrected chi connectivity index (χ4v) is 1.51. The lowest BCUT2D eigenvalue weighted by atomic mass is 10.3. The molecule has 0 unspecified atom stereocenters. The Labute approximate surface area is 89.0 Å². The molecule has 4 nitrogen and oxygen atoms in total. The van der Waals surface area contributed by atoms with E-state index in [0.717, 1.165) is 17.2 Å². The molecule has 0 bridgehead atoms. The molecule has 0 saturated heterocycles. The van der Waals surface area contributed by atoms with Gasteiger partial charge in [-0.15, -0.1) is 0 Å². The van der Waals surface area contributed by atoms with E-state index in [1.54, 1.807) is 6.20 Å². The van der Waals surface area contributed by atoms with Crippen LogP contribution in [0.5, 0.6) is 0 Å². The molecule has 0 aliphatic carbocycles. The normalized spacial score (nSPS) is 10.9. The number of hydrogen-bond donors (Lipinski definition) is 0. The van der Waals surface area contributed by atoms with Gasteiger partial charge < -0.3 is 4.57 Å². The molecular weight excluding hydrogens is 188 g/mol. The predicted molar refractivity (Wildman–Crippen MR) is 58.4 cm³/mol. The summed E-state index contributed by atoms with van der Waals surface area (Å²) in [5, 5.41) is 0. The molecule has 0 amide bonds. The molecule has 2 rings (SSSR count). The molecule has 0 atom stereocenters. The van der Waals surface area contributed by atoms with Gasteiger partial charge in [-0.2, -0.15) is 0 Å². The molecule has 0 fully saturated rings. The van der Waals surface area contributed by atoms with Gasteiger partial charge in [-0.1, -0.05) is 0 Å². The van der Waals surface area contributed by atoms with Gasteiger partial charge in [-0.25, -0.2) is 15.0 Å². The first-order valence-corrected chi connectivity index (χ1v) is 5.00. The van der Waals surface area contributed by atoms with Gasteiger partial charge in [0, 0.05) is 12.2 Å². The Hall–Kier alpha value is -1.71. The second kappa shape index (κ2) is 3.81. The number of hydrogen-bond acceptors (Lipinski definition) is 3. The SMILES string of the molecule is Cc1nccc(-c2cncn2C(C)C)n1. The zero-order valence-electron chi connectivity index (χ0n) is 9.18. The van der Waals surface area contributed by atoms with Crippen LogP contribution < -0.4 is 0 Å². The second-order valence-corrected chi connectivity index (χ2v) is 3.77. The van der Waals surface area contributed by atoms with Crippen LogP contribution in [0.15, 0.2) is 24.8 Å². The van der Waals surface area contributed by atoms with E-state index in [2.05, 4.69) is 33.4 Å². The first kappa shape index (κ1) is 9.83. The molecule has 0 aromatic carbocycles. The topological polar surface area (TPSA) is 43.6 Å². The smallest absolute Gasteiger partial charge is 0.125 e. The maximum Gasteiger partial charge on any atom is 0.125 e. The summed E-state index contributed by atoms with van der Waals surface area (Å²) < 4.78 is 2.10. The molecule has 0 spiro atoms. The average Bonchev–Trinajstić information content (AvgIpc) is 2.65. The van der Waals surface area contributed by atoms with Crippen LogP contribution >= 0.6 is 0 Å². The highest BCUT2D eigenvalue weighted by Crippen LogP contribution is 2.19. The maximum absolute atomic E-state index is 4.39. The van der Waals surface area contributed by atoms with Crippen molar-refractivity contribution in [2.45, 2.75) is 26.8 Å². The lowest BCUT2D eigenvalue weighted by molar-refractivity contribution is 0.604. The number of nitrogens with zero attached hydrogens (tertiary/aromatic N) is 4. The molecule has 0 N–H and O–H groups in total. The molecule has 2 aromatic heterocycles. The fourth-order valence-electron chi connectivity index (χ4n) is 1.51. The van der Waals surface area contributed by atoms with Crippen LogP contribution in [-0.2, 0) is 0 Å². The zero-order valence-corrected chi connectivity index (χ0v) is 9.18. The summed E-state index contributed by atoms with van der Waals surface area (Å²) in [6, 6.07) is 2.29. The van der Waals surface area contributed by atoms with Gasteiger partial charge in [0.1, 0.15) is 5.82 Å². The van der Waals surface area contributed by atoms with E-state index in [-0.39, 0.29) is 0 Å². The summed E-state index contributed by atoms with van der Waals surface area (Å²) in [4.78, 5) is 12.6. The molecule has 15 heavy (non-hydrogen) atoms. The van der Waals surface area contributed by atoms with E-state index < -0.39 is 0 Å². The van der Waals surface area contributed by atoms with E-state index >= 15 is 0 Å². The molecule has 4 heteroatoms. The van der Waals surface area contributed by atoms with Crippen LogP contribution in [0.1, 0.15) is 25.7 Å². The van der Waals surface area contributed by atoms with Crippen LogP contribution in [0.25, 0.3) is 11.4 Å². The van der Waals surface area contributed by atoms with E-state index in [1.807, 2.05) is 25.5 Å². The van der Waals surface area contributed by atoms with Crippen LogP contribution in [0.3, 0.4) is 0 Å². The van der Waals surface area contributed by atoms with E-state index in [4.69, 9.17) is 0 Å². The summed E-state index contributed by atoms with van der Waals surface area (Å²) in [5.41, 5.74) is 1.96. The van der Waals surface area contributed by atoms with Crippen molar-refractivity contribution in [2.24, 2.45) is 0 Å². The monoisotopic (exact) mass is 202 g/mol. The Morgan fingerprint density at radius 2 is 2.13 bits per heavy atom. The second-order valence-electron chi connectivity index (χ2n) is 3.77. The van der Waals surface area contributed by atoms with Crippen molar-refractivity contribution in [3.05, 3.63) is 30.6 Å². The molecule has 0 saturated carbocycles. The molecule has 0 aliphatic heterocycles. The third-order valence-corrected chi connectivity index (χ3v) is 2.26. The van der Waals surface area contributed by atoms with Crippen LogP contribution in [0.4, 0.5) is 0 Å². The Morgan fingerprint density at radius 3 is 2.80 bits per heavy atom. The summed E-state index contributed by atoms with van der Waals surface area (Å²) in [6.45, 7) is 6.14. The highest BCUT2D eigenvalue weighted by atomic mass is 15.1. The first-order valence-electron chi connectivity index (χ1n) is 5.00. The Kier molecular flexibility index (Phi) is 2.49. The van der Waals surface area contributed by atoms with Crippen molar-refractivity contribution < 1.29 is 0 Å². The van der Waals surface area contributed by atoms with Gasteiger partial charge in [0.05, 0.1) is 23.9 Å². The Bertz CT molecular complexity index is 459. The average molecular weight is 202 g/mol. The van der Waals surface area contributed by atoms with Crippen molar-refractivity contribution in [1.82, 2.24) is 19.5 Å². The molecule has 78 valence electrons. The Morgan fingerprint density at radius 1 is 1.33 bits per heavy atom. The van der Waals surface area contributed by atoms with Crippen molar-refractivity contribution in [3.63, 3.8) is 0 Å². The zero-order chi connectivity index (χ0) is 10.8. The number of aromatic nitrogens is 4. The van der Waals surface area contributed by atoms with Crippen molar-refractivity contribution in [3.8, 4) is 11.4 Å². The standard InChI is InChI=1S/C11H14N4/c1-8(2)15-7-12-6-11(15)10-4-5-13-9(3)14-10/h4-8H,1-3H3. The quantitative estimate of drug-likeness (QED) is 0.750. The molecule has 2 heterocycles. The largest absolute Gasteiger partial charge is 0.327 e. The molecule has 2 aromatic rings. The molecule has 0 radical (unpaired) electrons. The highest BCUT2D eigenvalue weighted by molar-refractivity contribution is 5.53. The highest BCUT2D eigenvalue weighted by Gasteiger charge is 2.08. The number of imidazole rings is 1. The minimum absolute atomic E-state index is 0.387. The van der Waals surface area contributed by atoms with Gasteiger partial charge >= 0.3 is 0 Å². The van der Waals surface area contributed by atoms with Gasteiger partial charge in [0.2, 0.25) is 0 Å². The lowest BCUT2D eigenvalue weighted by Crippen LogP contribution is -2.02. The minimum Gasteiger partial charge on any atom is -0.327 e. The summed E-state index contributed by atoms with van der Waals surface area (Å²) in [7, 11) is 0. The van der Waals surface area contributed by atoms with E-state index in [0.29, 0.717) is 6.04 Å². The van der Waals surface area contributed by atoms with Crippen molar-refractivity contribution in [2.75, 3.05) is 0 Å². The Balaban J connectivity index is 2.49. The van der Waals surface area contributed by atoms with Gasteiger partial charge in [-0.05, 0) is 26.8 Å². The molecular formula is C11H14N4. The predicted octanol–water partition coefficient (Wildman–Crippen LogP) is 2.23.